The second-order valence-electron chi connectivity index (χ2n) is 4.91. The lowest BCUT2D eigenvalue weighted by Gasteiger charge is -2.15. The van der Waals surface area contributed by atoms with Gasteiger partial charge in [-0.1, -0.05) is 39.0 Å². The van der Waals surface area contributed by atoms with Crippen LogP contribution in [-0.2, 0) is 11.8 Å². The van der Waals surface area contributed by atoms with Crippen molar-refractivity contribution in [1.29, 1.82) is 0 Å². The first kappa shape index (κ1) is 12.0. The Hall–Kier alpha value is -1.43. The van der Waals surface area contributed by atoms with Crippen molar-refractivity contribution in [2.45, 2.75) is 39.5 Å². The summed E-state index contributed by atoms with van der Waals surface area (Å²) in [6.45, 7) is 7.84. The molecule has 0 spiro atoms. The standard InChI is InChI=1S/C11H15N3O2S/c1-5-6-13-14-7(9(15)16)8(11(2,3)4)12-10(14)17-6/h5H2,1-4H3,(H,15,16). The molecule has 0 bridgehead atoms. The molecule has 0 aliphatic carbocycles. The molecule has 0 aromatic carbocycles. The van der Waals surface area contributed by atoms with E-state index in [0.29, 0.717) is 10.7 Å². The fourth-order valence-corrected chi connectivity index (χ4v) is 2.48. The fourth-order valence-electron chi connectivity index (χ4n) is 1.65. The number of carboxylic acid groups (broad SMARTS) is 1. The first-order chi connectivity index (χ1) is 7.84. The third-order valence-electron chi connectivity index (χ3n) is 2.46. The molecule has 92 valence electrons. The Bertz CT molecular complexity index is 577. The first-order valence-corrected chi connectivity index (χ1v) is 6.28. The Morgan fingerprint density at radius 2 is 2.12 bits per heavy atom. The maximum atomic E-state index is 11.3. The summed E-state index contributed by atoms with van der Waals surface area (Å²) >= 11 is 1.44. The average Bonchev–Trinajstić information content (AvgIpc) is 2.70. The summed E-state index contributed by atoms with van der Waals surface area (Å²) < 4.78 is 1.45. The molecule has 2 rings (SSSR count). The average molecular weight is 253 g/mol. The predicted octanol–water partition coefficient (Wildman–Crippen LogP) is 2.35. The number of hydrogen-bond acceptors (Lipinski definition) is 4. The highest BCUT2D eigenvalue weighted by atomic mass is 32.1. The molecule has 1 N–H and O–H groups in total. The fraction of sp³-hybridized carbons (Fsp3) is 0.545. The van der Waals surface area contributed by atoms with Crippen LogP contribution in [0.3, 0.4) is 0 Å². The van der Waals surface area contributed by atoms with Gasteiger partial charge in [0.05, 0.1) is 5.69 Å². The maximum Gasteiger partial charge on any atom is 0.356 e. The Morgan fingerprint density at radius 3 is 2.59 bits per heavy atom. The molecule has 6 heteroatoms. The molecule has 0 saturated heterocycles. The third kappa shape index (κ3) is 1.93. The monoisotopic (exact) mass is 253 g/mol. The molecule has 0 unspecified atom stereocenters. The Labute approximate surface area is 103 Å². The van der Waals surface area contributed by atoms with Crippen LogP contribution in [0.2, 0.25) is 0 Å². The number of imidazole rings is 1. The molecule has 5 nitrogen and oxygen atoms in total. The number of nitrogens with zero attached hydrogens (tertiary/aromatic N) is 3. The predicted molar refractivity (Wildman–Crippen MR) is 65.9 cm³/mol. The number of carboxylic acids is 1. The van der Waals surface area contributed by atoms with Gasteiger partial charge in [-0.05, 0) is 6.42 Å². The van der Waals surface area contributed by atoms with Crippen LogP contribution in [0.25, 0.3) is 4.96 Å². The zero-order valence-corrected chi connectivity index (χ0v) is 11.1. The van der Waals surface area contributed by atoms with Crippen LogP contribution in [0.1, 0.15) is 48.9 Å². The minimum Gasteiger partial charge on any atom is -0.476 e. The summed E-state index contributed by atoms with van der Waals surface area (Å²) in [5.74, 6) is -0.977. The van der Waals surface area contributed by atoms with E-state index in [1.165, 1.54) is 15.9 Å². The molecule has 0 aliphatic rings. The number of rotatable bonds is 2. The smallest absolute Gasteiger partial charge is 0.356 e. The van der Waals surface area contributed by atoms with Gasteiger partial charge in [0.1, 0.15) is 5.01 Å². The first-order valence-electron chi connectivity index (χ1n) is 5.46. The molecular formula is C11H15N3O2S. The van der Waals surface area contributed by atoms with E-state index in [1.807, 2.05) is 27.7 Å². The number of carbonyl (C=O) groups is 1. The lowest BCUT2D eigenvalue weighted by Crippen LogP contribution is -2.18. The van der Waals surface area contributed by atoms with Gasteiger partial charge in [0.2, 0.25) is 4.96 Å². The van der Waals surface area contributed by atoms with E-state index >= 15 is 0 Å². The molecular weight excluding hydrogens is 238 g/mol. The summed E-state index contributed by atoms with van der Waals surface area (Å²) in [4.78, 5) is 16.4. The molecule has 2 aromatic heterocycles. The van der Waals surface area contributed by atoms with Gasteiger partial charge in [-0.25, -0.2) is 9.78 Å². The van der Waals surface area contributed by atoms with E-state index in [9.17, 15) is 9.90 Å². The number of aromatic carboxylic acids is 1. The van der Waals surface area contributed by atoms with Crippen molar-refractivity contribution >= 4 is 22.3 Å². The van der Waals surface area contributed by atoms with Crippen molar-refractivity contribution in [3.63, 3.8) is 0 Å². The highest BCUT2D eigenvalue weighted by molar-refractivity contribution is 7.16. The van der Waals surface area contributed by atoms with Crippen molar-refractivity contribution in [3.05, 3.63) is 16.4 Å². The largest absolute Gasteiger partial charge is 0.476 e. The molecule has 2 aromatic rings. The van der Waals surface area contributed by atoms with E-state index in [4.69, 9.17) is 0 Å². The van der Waals surface area contributed by atoms with Gasteiger partial charge in [-0.3, -0.25) is 0 Å². The molecule has 2 heterocycles. The SMILES string of the molecule is CCc1nn2c(C(=O)O)c(C(C)(C)C)nc2s1. The summed E-state index contributed by atoms with van der Waals surface area (Å²) in [5, 5.41) is 14.5. The molecule has 0 fully saturated rings. The summed E-state index contributed by atoms with van der Waals surface area (Å²) in [6.07, 6.45) is 0.790. The Morgan fingerprint density at radius 1 is 1.47 bits per heavy atom. The molecule has 0 saturated carbocycles. The van der Waals surface area contributed by atoms with Gasteiger partial charge < -0.3 is 5.11 Å². The van der Waals surface area contributed by atoms with Gasteiger partial charge in [-0.2, -0.15) is 9.61 Å². The van der Waals surface area contributed by atoms with Crippen LogP contribution in [0, 0.1) is 0 Å². The van der Waals surface area contributed by atoms with E-state index in [-0.39, 0.29) is 11.1 Å². The number of hydrogen-bond donors (Lipinski definition) is 1. The van der Waals surface area contributed by atoms with Crippen molar-refractivity contribution in [2.75, 3.05) is 0 Å². The van der Waals surface area contributed by atoms with Crippen molar-refractivity contribution < 1.29 is 9.90 Å². The second-order valence-corrected chi connectivity index (χ2v) is 5.95. The van der Waals surface area contributed by atoms with Crippen molar-refractivity contribution in [1.82, 2.24) is 14.6 Å². The number of aromatic nitrogens is 3. The lowest BCUT2D eigenvalue weighted by atomic mass is 9.91. The normalized spacial score (nSPS) is 12.2. The van der Waals surface area contributed by atoms with Crippen LogP contribution >= 0.6 is 11.3 Å². The van der Waals surface area contributed by atoms with E-state index in [0.717, 1.165) is 11.4 Å². The van der Waals surface area contributed by atoms with Crippen LogP contribution < -0.4 is 0 Å². The van der Waals surface area contributed by atoms with Crippen LogP contribution in [0.4, 0.5) is 0 Å². The van der Waals surface area contributed by atoms with Crippen LogP contribution in [-0.4, -0.2) is 25.7 Å². The van der Waals surface area contributed by atoms with Gasteiger partial charge >= 0.3 is 5.97 Å². The summed E-state index contributed by atoms with van der Waals surface area (Å²) in [5.41, 5.74) is 0.475. The second kappa shape index (κ2) is 3.80. The third-order valence-corrected chi connectivity index (χ3v) is 3.51. The van der Waals surface area contributed by atoms with E-state index in [1.54, 1.807) is 0 Å². The maximum absolute atomic E-state index is 11.3. The molecule has 0 atom stereocenters. The Kier molecular flexibility index (Phi) is 2.69. The quantitative estimate of drug-likeness (QED) is 0.892. The minimum atomic E-state index is -0.977. The lowest BCUT2D eigenvalue weighted by molar-refractivity contribution is 0.0685. The number of aryl methyl sites for hydroxylation is 1. The Balaban J connectivity index is 2.74. The minimum absolute atomic E-state index is 0.184. The van der Waals surface area contributed by atoms with Gasteiger partial charge in [0.15, 0.2) is 5.69 Å². The van der Waals surface area contributed by atoms with Gasteiger partial charge in [0, 0.05) is 5.41 Å². The molecule has 0 aliphatic heterocycles. The summed E-state index contributed by atoms with van der Waals surface area (Å²) in [7, 11) is 0. The van der Waals surface area contributed by atoms with Crippen molar-refractivity contribution in [2.24, 2.45) is 0 Å². The van der Waals surface area contributed by atoms with E-state index in [2.05, 4.69) is 10.1 Å². The highest BCUT2D eigenvalue weighted by Crippen LogP contribution is 2.28. The zero-order chi connectivity index (χ0) is 12.8. The molecule has 0 radical (unpaired) electrons. The molecule has 17 heavy (non-hydrogen) atoms. The van der Waals surface area contributed by atoms with Crippen LogP contribution in [0.15, 0.2) is 0 Å². The highest BCUT2D eigenvalue weighted by Gasteiger charge is 2.29. The van der Waals surface area contributed by atoms with Crippen molar-refractivity contribution in [3.8, 4) is 0 Å². The van der Waals surface area contributed by atoms with Gasteiger partial charge in [0.25, 0.3) is 0 Å². The zero-order valence-electron chi connectivity index (χ0n) is 10.3. The topological polar surface area (TPSA) is 67.5 Å². The summed E-state index contributed by atoms with van der Waals surface area (Å²) in [6, 6.07) is 0. The number of fused-ring (bicyclic) bond motifs is 1. The van der Waals surface area contributed by atoms with Gasteiger partial charge in [-0.15, -0.1) is 0 Å². The van der Waals surface area contributed by atoms with E-state index < -0.39 is 5.97 Å². The molecule has 0 amide bonds. The van der Waals surface area contributed by atoms with Crippen LogP contribution in [0.5, 0.6) is 0 Å².